The minimum absolute atomic E-state index is 0. The van der Waals surface area contributed by atoms with Crippen LogP contribution in [0.5, 0.6) is 0 Å². The summed E-state index contributed by atoms with van der Waals surface area (Å²) in [5.41, 5.74) is 0. The summed E-state index contributed by atoms with van der Waals surface area (Å²) in [7, 11) is -10.1. The van der Waals surface area contributed by atoms with Gasteiger partial charge in [-0.15, -0.1) is 0 Å². The zero-order chi connectivity index (χ0) is 11.0. The Morgan fingerprint density at radius 1 is 1.00 bits per heavy atom. The van der Waals surface area contributed by atoms with E-state index in [2.05, 4.69) is 20.5 Å². The molecule has 0 aliphatic carbocycles. The van der Waals surface area contributed by atoms with E-state index in [0.29, 0.717) is 0 Å². The Kier molecular flexibility index (Phi) is 19.4. The molecule has 0 saturated carbocycles. The van der Waals surface area contributed by atoms with Gasteiger partial charge >= 0.3 is 37.0 Å². The summed E-state index contributed by atoms with van der Waals surface area (Å²) < 4.78 is 66.9. The maximum atomic E-state index is 8.63. The van der Waals surface area contributed by atoms with E-state index in [1.54, 1.807) is 0 Å². The van der Waals surface area contributed by atoms with E-state index in [-0.39, 0.29) is 16.5 Å². The van der Waals surface area contributed by atoms with Crippen LogP contribution in [0.3, 0.4) is 0 Å². The van der Waals surface area contributed by atoms with Crippen LogP contribution in [0.1, 0.15) is 0 Å². The van der Waals surface area contributed by atoms with Crippen LogP contribution in [0.15, 0.2) is 0 Å². The average molecular weight is 327 g/mol. The van der Waals surface area contributed by atoms with E-state index in [1.807, 2.05) is 0 Å². The summed E-state index contributed by atoms with van der Waals surface area (Å²) in [6.07, 6.45) is 0. The summed E-state index contributed by atoms with van der Waals surface area (Å²) in [5.74, 6) is 0. The molecule has 0 unspecified atom stereocenters. The van der Waals surface area contributed by atoms with Crippen LogP contribution in [0.2, 0.25) is 0 Å². The number of nitrogens with two attached hydrogens (primary N) is 1. The van der Waals surface area contributed by atoms with Gasteiger partial charge in [-0.25, -0.2) is 8.42 Å². The van der Waals surface area contributed by atoms with Crippen LogP contribution in [0.4, 0.5) is 0 Å². The molecule has 3 N–H and O–H groups in total. The van der Waals surface area contributed by atoms with Gasteiger partial charge < -0.3 is 13.7 Å². The zero-order valence-electron chi connectivity index (χ0n) is 5.33. The van der Waals surface area contributed by atoms with E-state index in [9.17, 15) is 0 Å². The van der Waals surface area contributed by atoms with Crippen molar-refractivity contribution in [1.29, 1.82) is 0 Å². The number of rotatable bonds is 0. The second-order valence-electron chi connectivity index (χ2n) is 0.836. The van der Waals surface area contributed by atoms with Crippen molar-refractivity contribution in [2.75, 3.05) is 0 Å². The smallest absolute Gasteiger partial charge is 2.00 e. The second-order valence-corrected chi connectivity index (χ2v) is 2.51. The molecule has 88 valence electrons. The SMILES string of the molecule is O=S(=O)([O-])O.O=S(=O)([O-])[O-].[NH2][Ni+].[Ni+2]. The van der Waals surface area contributed by atoms with Crippen molar-refractivity contribution in [1.82, 2.24) is 0 Å². The standard InChI is InChI=1S/H2N.2Ni.2H2O4S/c;;;2*1-5(2,3)4/h1H2;;;2*(H2,1,2,3,4)/q-1;2*+2;;/p-3. The van der Waals surface area contributed by atoms with Crippen LogP contribution < -0.4 is 4.81 Å². The van der Waals surface area contributed by atoms with E-state index >= 15 is 0 Å². The molecule has 0 atom stereocenters. The van der Waals surface area contributed by atoms with Gasteiger partial charge in [0.2, 0.25) is 10.4 Å². The largest absolute Gasteiger partial charge is 2.00 e. The van der Waals surface area contributed by atoms with Crippen molar-refractivity contribution >= 4 is 20.8 Å². The molecule has 0 aliphatic rings. The van der Waals surface area contributed by atoms with Crippen LogP contribution in [0, 0.1) is 0 Å². The van der Waals surface area contributed by atoms with Crippen molar-refractivity contribution in [3.63, 3.8) is 0 Å². The van der Waals surface area contributed by atoms with Crippen molar-refractivity contribution in [3.05, 3.63) is 0 Å². The normalized spacial score (nSPS) is 9.46. The fourth-order valence-corrected chi connectivity index (χ4v) is 0. The fourth-order valence-electron chi connectivity index (χ4n) is 0. The minimum Gasteiger partial charge on any atom is 2.00 e. The Labute approximate surface area is 92.7 Å². The van der Waals surface area contributed by atoms with Crippen molar-refractivity contribution in [3.8, 4) is 0 Å². The Morgan fingerprint density at radius 2 is 1.00 bits per heavy atom. The van der Waals surface area contributed by atoms with Crippen LogP contribution in [-0.2, 0) is 53.0 Å². The molecule has 0 spiro atoms. The van der Waals surface area contributed by atoms with Gasteiger partial charge in [-0.05, 0) is 0 Å². The molecular weight excluding hydrogens is 324 g/mol. The van der Waals surface area contributed by atoms with Crippen molar-refractivity contribution in [2.45, 2.75) is 0 Å². The molecule has 0 rings (SSSR count). The summed E-state index contributed by atoms with van der Waals surface area (Å²) in [4.78, 5) is 4.12. The molecule has 9 nitrogen and oxygen atoms in total. The van der Waals surface area contributed by atoms with Crippen LogP contribution in [0.25, 0.3) is 0 Å². The Bertz CT molecular complexity index is 217. The van der Waals surface area contributed by atoms with E-state index < -0.39 is 20.8 Å². The molecular formula is H3NNi2O8S2. The maximum Gasteiger partial charge on any atom is 2.00 e. The Morgan fingerprint density at radius 3 is 1.00 bits per heavy atom. The van der Waals surface area contributed by atoms with E-state index in [1.165, 1.54) is 0 Å². The molecule has 13 heavy (non-hydrogen) atoms. The van der Waals surface area contributed by atoms with Gasteiger partial charge in [0.1, 0.15) is 0 Å². The zero-order valence-corrected chi connectivity index (χ0v) is 8.94. The molecule has 0 saturated heterocycles. The number of hydrogen-bond donors (Lipinski definition) is 2. The predicted octanol–water partition coefficient (Wildman–Crippen LogP) is -2.93. The molecule has 0 aromatic carbocycles. The Hall–Kier alpha value is 0.687. The third-order valence-electron chi connectivity index (χ3n) is 0. The quantitative estimate of drug-likeness (QED) is 0.267. The van der Waals surface area contributed by atoms with Gasteiger partial charge in [-0.1, -0.05) is 0 Å². The first-order chi connectivity index (χ1) is 5.00. The molecule has 0 heterocycles. The summed E-state index contributed by atoms with van der Waals surface area (Å²) in [5, 5.41) is 0. The summed E-state index contributed by atoms with van der Waals surface area (Å²) in [6.45, 7) is 0. The summed E-state index contributed by atoms with van der Waals surface area (Å²) in [6, 6.07) is 0. The first-order valence-electron chi connectivity index (χ1n) is 1.53. The van der Waals surface area contributed by atoms with Gasteiger partial charge in [-0.2, -0.15) is 0 Å². The first kappa shape index (κ1) is 23.5. The van der Waals surface area contributed by atoms with Crippen LogP contribution >= 0.6 is 0 Å². The third-order valence-corrected chi connectivity index (χ3v) is 0. The maximum absolute atomic E-state index is 8.63. The summed E-state index contributed by atoms with van der Waals surface area (Å²) >= 11 is 3.38. The van der Waals surface area contributed by atoms with Crippen LogP contribution in [-0.4, -0.2) is 35.0 Å². The topological polar surface area (TPSA) is 184 Å². The molecule has 13 heteroatoms. The third kappa shape index (κ3) is 3070. The molecule has 0 aromatic rings. The van der Waals surface area contributed by atoms with Gasteiger partial charge in [0.25, 0.3) is 0 Å². The van der Waals surface area contributed by atoms with Gasteiger partial charge in [0.15, 0.2) is 0 Å². The molecule has 0 fully saturated rings. The average Bonchev–Trinajstić information content (AvgIpc) is 1.59. The fraction of sp³-hybridized carbons (Fsp3) is 0. The van der Waals surface area contributed by atoms with E-state index in [4.69, 9.17) is 35.0 Å². The van der Waals surface area contributed by atoms with Gasteiger partial charge in [0, 0.05) is 10.4 Å². The molecule has 0 aliphatic heterocycles. The number of hydrogen-bond acceptors (Lipinski definition) is 8. The molecule has 0 aromatic heterocycles. The van der Waals surface area contributed by atoms with Crippen molar-refractivity contribution in [2.24, 2.45) is 4.81 Å². The van der Waals surface area contributed by atoms with Gasteiger partial charge in [-0.3, -0.25) is 13.0 Å². The second kappa shape index (κ2) is 10.8. The van der Waals surface area contributed by atoms with Gasteiger partial charge in [0.05, 0.1) is 0 Å². The van der Waals surface area contributed by atoms with E-state index in [0.717, 1.165) is 0 Å². The minimum atomic E-state index is -5.17. The molecule has 0 bridgehead atoms. The predicted molar refractivity (Wildman–Crippen MR) is 27.0 cm³/mol. The monoisotopic (exact) mass is 325 g/mol. The van der Waals surface area contributed by atoms with Crippen molar-refractivity contribution < 1.29 is 67.2 Å². The Balaban J connectivity index is -0.0000000491. The molecule has 0 radical (unpaired) electrons. The first-order valence-corrected chi connectivity index (χ1v) is 4.80. The molecule has 0 amide bonds.